The van der Waals surface area contributed by atoms with Crippen LogP contribution in [0.3, 0.4) is 0 Å². The van der Waals surface area contributed by atoms with Crippen LogP contribution in [0.5, 0.6) is 17.2 Å². The van der Waals surface area contributed by atoms with Gasteiger partial charge in [-0.25, -0.2) is 0 Å². The molecular weight excluding hydrogens is 298 g/mol. The van der Waals surface area contributed by atoms with E-state index in [1.165, 1.54) is 0 Å². The largest absolute Gasteiger partial charge is 0.493 e. The zero-order valence-electron chi connectivity index (χ0n) is 13.4. The maximum atomic E-state index is 5.77. The Morgan fingerprint density at radius 1 is 1.22 bits per heavy atom. The van der Waals surface area contributed by atoms with E-state index in [0.29, 0.717) is 23.8 Å². The van der Waals surface area contributed by atoms with E-state index in [1.807, 2.05) is 12.1 Å². The molecule has 1 N–H and O–H groups in total. The first-order valence-electron chi connectivity index (χ1n) is 6.96. The number of ether oxygens (including phenoxy) is 4. The smallest absolute Gasteiger partial charge is 0.306 e. The normalized spacial score (nSPS) is 11.6. The summed E-state index contributed by atoms with van der Waals surface area (Å²) in [6, 6.07) is 3.69. The Morgan fingerprint density at radius 3 is 2.39 bits per heavy atom. The van der Waals surface area contributed by atoms with E-state index in [-0.39, 0.29) is 12.7 Å². The highest BCUT2D eigenvalue weighted by Crippen LogP contribution is 2.40. The molecule has 0 aliphatic heterocycles. The van der Waals surface area contributed by atoms with Crippen molar-refractivity contribution in [3.05, 3.63) is 30.4 Å². The standard InChI is InChI=1S/C16H19N3O4/c1-5-6-23-15(9-19-11-17-10-18-19)12-7-13(20-2)16(22-4)14(8-12)21-3/h1,7-8,10-11,15H,6,9H2,2-4H3/p+1. The van der Waals surface area contributed by atoms with Gasteiger partial charge in [0.2, 0.25) is 12.1 Å². The highest BCUT2D eigenvalue weighted by Gasteiger charge is 2.21. The zero-order valence-corrected chi connectivity index (χ0v) is 13.4. The van der Waals surface area contributed by atoms with Crippen LogP contribution in [0.15, 0.2) is 24.8 Å². The van der Waals surface area contributed by atoms with Gasteiger partial charge in [0.15, 0.2) is 11.5 Å². The van der Waals surface area contributed by atoms with Crippen molar-refractivity contribution in [2.75, 3.05) is 27.9 Å². The minimum Gasteiger partial charge on any atom is -0.493 e. The first-order chi connectivity index (χ1) is 11.2. The van der Waals surface area contributed by atoms with E-state index < -0.39 is 0 Å². The van der Waals surface area contributed by atoms with Crippen LogP contribution >= 0.6 is 0 Å². The fourth-order valence-corrected chi connectivity index (χ4v) is 2.22. The Hall–Kier alpha value is -2.72. The van der Waals surface area contributed by atoms with E-state index in [1.54, 1.807) is 38.7 Å². The lowest BCUT2D eigenvalue weighted by atomic mass is 10.1. The molecule has 0 aliphatic carbocycles. The Morgan fingerprint density at radius 2 is 1.91 bits per heavy atom. The number of hydrogen-bond donors (Lipinski definition) is 1. The quantitative estimate of drug-likeness (QED) is 0.583. The molecule has 1 unspecified atom stereocenters. The van der Waals surface area contributed by atoms with Crippen molar-refractivity contribution in [2.45, 2.75) is 12.6 Å². The number of aromatic nitrogens is 3. The van der Waals surface area contributed by atoms with Crippen LogP contribution in [-0.2, 0) is 11.3 Å². The lowest BCUT2D eigenvalue weighted by Crippen LogP contribution is -2.38. The molecule has 0 bridgehead atoms. The molecule has 0 aliphatic rings. The summed E-state index contributed by atoms with van der Waals surface area (Å²) < 4.78 is 23.7. The number of H-pyrrole nitrogens is 1. The van der Waals surface area contributed by atoms with E-state index in [0.717, 1.165) is 5.56 Å². The van der Waals surface area contributed by atoms with Crippen LogP contribution < -0.4 is 18.9 Å². The van der Waals surface area contributed by atoms with Crippen molar-refractivity contribution < 1.29 is 23.6 Å². The molecule has 1 heterocycles. The molecule has 7 heteroatoms. The van der Waals surface area contributed by atoms with E-state index in [4.69, 9.17) is 25.4 Å². The number of nitrogens with zero attached hydrogens (tertiary/aromatic N) is 2. The number of hydrogen-bond acceptors (Lipinski definition) is 5. The molecule has 7 nitrogen and oxygen atoms in total. The van der Waals surface area contributed by atoms with Gasteiger partial charge in [0, 0.05) is 0 Å². The van der Waals surface area contributed by atoms with Gasteiger partial charge in [0.25, 0.3) is 0 Å². The second-order valence-corrected chi connectivity index (χ2v) is 4.64. The first-order valence-corrected chi connectivity index (χ1v) is 6.96. The number of methoxy groups -OCH3 is 3. The Bertz CT molecular complexity index is 639. The minimum atomic E-state index is -0.301. The third-order valence-corrected chi connectivity index (χ3v) is 3.29. The molecule has 0 radical (unpaired) electrons. The lowest BCUT2D eigenvalue weighted by molar-refractivity contribution is -0.758. The van der Waals surface area contributed by atoms with Crippen LogP contribution in [0, 0.1) is 12.3 Å². The third-order valence-electron chi connectivity index (χ3n) is 3.29. The molecule has 0 spiro atoms. The van der Waals surface area contributed by atoms with Crippen molar-refractivity contribution in [3.8, 4) is 29.6 Å². The molecule has 23 heavy (non-hydrogen) atoms. The van der Waals surface area contributed by atoms with Gasteiger partial charge in [0.05, 0.1) is 21.3 Å². The highest BCUT2D eigenvalue weighted by molar-refractivity contribution is 5.54. The number of aromatic amines is 1. The number of terminal acetylenes is 1. The summed E-state index contributed by atoms with van der Waals surface area (Å²) in [5.41, 5.74) is 0.858. The molecule has 0 saturated heterocycles. The summed E-state index contributed by atoms with van der Waals surface area (Å²) in [6.07, 6.45) is 8.28. The lowest BCUT2D eigenvalue weighted by Gasteiger charge is -2.19. The molecule has 0 amide bonds. The maximum Gasteiger partial charge on any atom is 0.306 e. The molecule has 1 aromatic carbocycles. The Balaban J connectivity index is 2.38. The van der Waals surface area contributed by atoms with Crippen molar-refractivity contribution in [2.24, 2.45) is 0 Å². The Labute approximate surface area is 135 Å². The summed E-state index contributed by atoms with van der Waals surface area (Å²) in [5, 5.41) is 2.98. The van der Waals surface area contributed by atoms with E-state index in [2.05, 4.69) is 16.0 Å². The molecular formula is C16H20N3O4+. The van der Waals surface area contributed by atoms with Crippen molar-refractivity contribution >= 4 is 0 Å². The second-order valence-electron chi connectivity index (χ2n) is 4.64. The van der Waals surface area contributed by atoms with Crippen molar-refractivity contribution in [1.29, 1.82) is 0 Å². The number of benzene rings is 1. The van der Waals surface area contributed by atoms with Gasteiger partial charge in [-0.1, -0.05) is 5.92 Å². The third kappa shape index (κ3) is 3.93. The Kier molecular flexibility index (Phi) is 5.83. The maximum absolute atomic E-state index is 5.77. The van der Waals surface area contributed by atoms with Gasteiger partial charge in [-0.15, -0.1) is 6.42 Å². The van der Waals surface area contributed by atoms with Crippen LogP contribution in [0.2, 0.25) is 0 Å². The van der Waals surface area contributed by atoms with Crippen LogP contribution in [0.1, 0.15) is 11.7 Å². The summed E-state index contributed by atoms with van der Waals surface area (Å²) in [4.78, 5) is 3.99. The van der Waals surface area contributed by atoms with Gasteiger partial charge in [-0.2, -0.15) is 9.78 Å². The predicted molar refractivity (Wildman–Crippen MR) is 82.4 cm³/mol. The summed E-state index contributed by atoms with van der Waals surface area (Å²) in [6.45, 7) is 0.705. The summed E-state index contributed by atoms with van der Waals surface area (Å²) >= 11 is 0. The molecule has 0 fully saturated rings. The van der Waals surface area contributed by atoms with Crippen molar-refractivity contribution in [3.63, 3.8) is 0 Å². The minimum absolute atomic E-state index is 0.190. The predicted octanol–water partition coefficient (Wildman–Crippen LogP) is 1.11. The molecule has 1 atom stereocenters. The molecule has 1 aromatic heterocycles. The first kappa shape index (κ1) is 16.6. The van der Waals surface area contributed by atoms with Gasteiger partial charge >= 0.3 is 6.33 Å². The fourth-order valence-electron chi connectivity index (χ4n) is 2.22. The number of nitrogens with one attached hydrogen (secondary N) is 1. The fraction of sp³-hybridized carbons (Fsp3) is 0.375. The molecule has 122 valence electrons. The monoisotopic (exact) mass is 318 g/mol. The van der Waals surface area contributed by atoms with E-state index in [9.17, 15) is 0 Å². The van der Waals surface area contributed by atoms with E-state index >= 15 is 0 Å². The molecule has 2 aromatic rings. The van der Waals surface area contributed by atoms with Gasteiger partial charge in [0.1, 0.15) is 19.3 Å². The topological polar surface area (TPSA) is 69.5 Å². The average Bonchev–Trinajstić information content (AvgIpc) is 3.10. The van der Waals surface area contributed by atoms with Gasteiger partial charge in [-0.3, -0.25) is 0 Å². The van der Waals surface area contributed by atoms with Gasteiger partial charge in [-0.05, 0) is 22.7 Å². The number of rotatable bonds is 8. The molecule has 2 rings (SSSR count). The zero-order chi connectivity index (χ0) is 16.7. The summed E-state index contributed by atoms with van der Waals surface area (Å²) in [5.74, 6) is 4.14. The highest BCUT2D eigenvalue weighted by atomic mass is 16.5. The van der Waals surface area contributed by atoms with Crippen molar-refractivity contribution in [1.82, 2.24) is 10.1 Å². The SMILES string of the molecule is C#CCOC(C[n+]1cnc[nH]1)c1cc(OC)c(OC)c(OC)c1. The van der Waals surface area contributed by atoms with Crippen LogP contribution in [-0.4, -0.2) is 38.0 Å². The van der Waals surface area contributed by atoms with Crippen LogP contribution in [0.4, 0.5) is 0 Å². The molecule has 0 saturated carbocycles. The second kappa shape index (κ2) is 8.06. The van der Waals surface area contributed by atoms with Gasteiger partial charge < -0.3 is 18.9 Å². The van der Waals surface area contributed by atoms with Crippen LogP contribution in [0.25, 0.3) is 0 Å². The summed E-state index contributed by atoms with van der Waals surface area (Å²) in [7, 11) is 4.71. The average molecular weight is 318 g/mol.